The van der Waals surface area contributed by atoms with Crippen molar-refractivity contribution >= 4 is 19.0 Å². The van der Waals surface area contributed by atoms with Crippen LogP contribution in [0.1, 0.15) is 32.6 Å². The molecule has 0 aliphatic rings. The summed E-state index contributed by atoms with van der Waals surface area (Å²) in [5.41, 5.74) is 7.74. The van der Waals surface area contributed by atoms with Crippen LogP contribution >= 0.6 is 0 Å². The Hall–Kier alpha value is 0.181. The molecule has 0 unspecified atom stereocenters. The molecule has 0 aromatic heterocycles. The van der Waals surface area contributed by atoms with E-state index in [0.717, 1.165) is 0 Å². The van der Waals surface area contributed by atoms with Gasteiger partial charge in [0.1, 0.15) is 0 Å². The summed E-state index contributed by atoms with van der Waals surface area (Å²) >= 11 is 0. The summed E-state index contributed by atoms with van der Waals surface area (Å²) in [6.07, 6.45) is -0.434. The molecule has 0 bridgehead atoms. The maximum Gasteiger partial charge on any atom is 1.00 e. The zero-order chi connectivity index (χ0) is 13.4. The Morgan fingerprint density at radius 1 is 1.11 bits per heavy atom. The van der Waals surface area contributed by atoms with Crippen LogP contribution < -0.4 is 57.1 Å². The number of nitrogens with two attached hydrogens (primary N) is 1. The number of anilines is 1. The van der Waals surface area contributed by atoms with Gasteiger partial charge in [-0.15, -0.1) is 0 Å². The summed E-state index contributed by atoms with van der Waals surface area (Å²) in [6, 6.07) is 0. The third-order valence-electron chi connectivity index (χ3n) is 3.07. The molecular formula is C11H14BF3KNO. The molecule has 0 aliphatic heterocycles. The molecule has 1 aromatic rings. The van der Waals surface area contributed by atoms with Gasteiger partial charge < -0.3 is 18.7 Å². The normalized spacial score (nSPS) is 11.0. The van der Waals surface area contributed by atoms with E-state index in [0.29, 0.717) is 23.0 Å². The quantitative estimate of drug-likeness (QED) is 0.480. The molecule has 0 radical (unpaired) electrons. The summed E-state index contributed by atoms with van der Waals surface area (Å²) in [5.74, 6) is 0. The Kier molecular flexibility index (Phi) is 6.63. The van der Waals surface area contributed by atoms with Crippen molar-refractivity contribution < 1.29 is 69.1 Å². The first kappa shape index (κ1) is 18.2. The average molecular weight is 283 g/mol. The average Bonchev–Trinajstić information content (AvgIpc) is 2.21. The molecule has 0 atom stereocenters. The van der Waals surface area contributed by atoms with Gasteiger partial charge in [-0.05, 0) is 37.5 Å². The van der Waals surface area contributed by atoms with E-state index in [9.17, 15) is 17.7 Å². The fourth-order valence-corrected chi connectivity index (χ4v) is 2.03. The van der Waals surface area contributed by atoms with Crippen LogP contribution in [0.15, 0.2) is 0 Å². The van der Waals surface area contributed by atoms with E-state index < -0.39 is 13.3 Å². The van der Waals surface area contributed by atoms with E-state index in [2.05, 4.69) is 0 Å². The Bertz CT molecular complexity index is 475. The summed E-state index contributed by atoms with van der Waals surface area (Å²) in [4.78, 5) is 10.9. The Morgan fingerprint density at radius 3 is 2.00 bits per heavy atom. The van der Waals surface area contributed by atoms with E-state index in [1.165, 1.54) is 6.92 Å². The van der Waals surface area contributed by atoms with E-state index >= 15 is 0 Å². The van der Waals surface area contributed by atoms with E-state index in [-0.39, 0.29) is 68.2 Å². The van der Waals surface area contributed by atoms with Crippen LogP contribution in [0.3, 0.4) is 0 Å². The second kappa shape index (κ2) is 6.56. The number of carbonyl (C=O) groups excluding carboxylic acids is 1. The predicted molar refractivity (Wildman–Crippen MR) is 63.2 cm³/mol. The van der Waals surface area contributed by atoms with Gasteiger partial charge in [0.15, 0.2) is 6.29 Å². The molecule has 0 saturated heterocycles. The third-order valence-corrected chi connectivity index (χ3v) is 3.07. The monoisotopic (exact) mass is 283 g/mol. The maximum absolute atomic E-state index is 12.5. The van der Waals surface area contributed by atoms with Crippen LogP contribution in [0.4, 0.5) is 18.6 Å². The molecule has 7 heteroatoms. The first-order valence-corrected chi connectivity index (χ1v) is 5.23. The topological polar surface area (TPSA) is 43.1 Å². The summed E-state index contributed by atoms with van der Waals surface area (Å²) in [7, 11) is 0. The Labute approximate surface area is 147 Å². The summed E-state index contributed by atoms with van der Waals surface area (Å²) < 4.78 is 37.5. The molecule has 0 spiro atoms. The Balaban J connectivity index is 0.00000289. The fraction of sp³-hybridized carbons (Fsp3) is 0.364. The minimum atomic E-state index is -4.94. The molecule has 18 heavy (non-hydrogen) atoms. The van der Waals surface area contributed by atoms with Gasteiger partial charge in [0, 0.05) is 11.3 Å². The molecule has 94 valence electrons. The van der Waals surface area contributed by atoms with Gasteiger partial charge >= 0.3 is 58.4 Å². The summed E-state index contributed by atoms with van der Waals surface area (Å²) in [6.45, 7) is -0.213. The number of nitrogen functional groups attached to an aromatic ring is 1. The zero-order valence-electron chi connectivity index (χ0n) is 11.0. The standard InChI is InChI=1S/C11H14BF3NO.K/c1-6-9(4-12(13,14)15)7(2)11(16)8(3)10(6)5-17;/h5H,4,16H2,1-3H3;/q-1;+1. The van der Waals surface area contributed by atoms with Crippen molar-refractivity contribution in [2.24, 2.45) is 0 Å². The predicted octanol–water partition coefficient (Wildman–Crippen LogP) is -0.0603. The largest absolute Gasteiger partial charge is 1.00 e. The molecule has 1 rings (SSSR count). The Morgan fingerprint density at radius 2 is 1.61 bits per heavy atom. The van der Waals surface area contributed by atoms with Crippen LogP contribution in [-0.4, -0.2) is 13.3 Å². The molecule has 2 nitrogen and oxygen atoms in total. The summed E-state index contributed by atoms with van der Waals surface area (Å²) in [5, 5.41) is 0. The minimum Gasteiger partial charge on any atom is -0.449 e. The van der Waals surface area contributed by atoms with Crippen LogP contribution in [0.2, 0.25) is 0 Å². The number of carbonyl (C=O) groups is 1. The van der Waals surface area contributed by atoms with Crippen molar-refractivity contribution in [2.45, 2.75) is 27.1 Å². The zero-order valence-corrected chi connectivity index (χ0v) is 14.1. The second-order valence-corrected chi connectivity index (χ2v) is 4.21. The number of hydrogen-bond acceptors (Lipinski definition) is 2. The molecule has 1 aromatic carbocycles. The molecular weight excluding hydrogens is 269 g/mol. The van der Waals surface area contributed by atoms with Gasteiger partial charge in [0.05, 0.1) is 0 Å². The molecule has 0 saturated carbocycles. The molecule has 0 aliphatic carbocycles. The van der Waals surface area contributed by atoms with Gasteiger partial charge in [-0.3, -0.25) is 4.79 Å². The number of benzene rings is 1. The number of aldehydes is 1. The number of rotatable bonds is 3. The SMILES string of the molecule is Cc1c(N)c(C)c(C[B-](F)(F)F)c(C)c1C=O.[K+]. The number of halogens is 3. The fourth-order valence-electron chi connectivity index (χ4n) is 2.03. The van der Waals surface area contributed by atoms with Crippen molar-refractivity contribution in [3.05, 3.63) is 27.8 Å². The third kappa shape index (κ3) is 3.84. The molecule has 0 amide bonds. The van der Waals surface area contributed by atoms with E-state index in [1.807, 2.05) is 0 Å². The molecule has 2 N–H and O–H groups in total. The molecule has 0 fully saturated rings. The van der Waals surface area contributed by atoms with Gasteiger partial charge in [-0.2, -0.15) is 0 Å². The van der Waals surface area contributed by atoms with Crippen molar-refractivity contribution in [3.8, 4) is 0 Å². The van der Waals surface area contributed by atoms with Crippen LogP contribution in [-0.2, 0) is 6.32 Å². The van der Waals surface area contributed by atoms with Crippen molar-refractivity contribution in [2.75, 3.05) is 5.73 Å². The van der Waals surface area contributed by atoms with Crippen LogP contribution in [0, 0.1) is 20.8 Å². The first-order valence-electron chi connectivity index (χ1n) is 5.23. The van der Waals surface area contributed by atoms with Gasteiger partial charge in [-0.1, -0.05) is 11.9 Å². The van der Waals surface area contributed by atoms with Gasteiger partial charge in [-0.25, -0.2) is 0 Å². The second-order valence-electron chi connectivity index (χ2n) is 4.21. The van der Waals surface area contributed by atoms with Crippen molar-refractivity contribution in [3.63, 3.8) is 0 Å². The molecule has 0 heterocycles. The smallest absolute Gasteiger partial charge is 0.449 e. The first-order chi connectivity index (χ1) is 7.69. The number of hydrogen-bond donors (Lipinski definition) is 1. The van der Waals surface area contributed by atoms with Crippen LogP contribution in [0.5, 0.6) is 0 Å². The van der Waals surface area contributed by atoms with Crippen molar-refractivity contribution in [1.29, 1.82) is 0 Å². The maximum atomic E-state index is 12.5. The van der Waals surface area contributed by atoms with Crippen molar-refractivity contribution in [1.82, 2.24) is 0 Å². The van der Waals surface area contributed by atoms with Crippen LogP contribution in [0.25, 0.3) is 0 Å². The minimum absolute atomic E-state index is 0. The van der Waals surface area contributed by atoms with E-state index in [1.54, 1.807) is 13.8 Å². The van der Waals surface area contributed by atoms with Gasteiger partial charge in [0.2, 0.25) is 0 Å². The van der Waals surface area contributed by atoms with Gasteiger partial charge in [0.25, 0.3) is 0 Å². The van der Waals surface area contributed by atoms with E-state index in [4.69, 9.17) is 5.73 Å².